The Labute approximate surface area is 212 Å². The molecule has 2 atom stereocenters. The van der Waals surface area contributed by atoms with Crippen molar-refractivity contribution in [1.29, 1.82) is 0 Å². The van der Waals surface area contributed by atoms with E-state index in [-0.39, 0.29) is 12.0 Å². The Morgan fingerprint density at radius 3 is 2.49 bits per heavy atom. The molecule has 2 aromatic heterocycles. The van der Waals surface area contributed by atoms with Crippen LogP contribution in [0.3, 0.4) is 0 Å². The van der Waals surface area contributed by atoms with E-state index in [1.165, 1.54) is 25.7 Å². The Balaban J connectivity index is 1.66. The predicted octanol–water partition coefficient (Wildman–Crippen LogP) is 6.17. The van der Waals surface area contributed by atoms with Gasteiger partial charge < -0.3 is 8.92 Å². The number of hydrogen-bond donors (Lipinski definition) is 2. The van der Waals surface area contributed by atoms with E-state index in [4.69, 9.17) is 8.92 Å². The van der Waals surface area contributed by atoms with E-state index in [1.54, 1.807) is 0 Å². The lowest BCUT2D eigenvalue weighted by Crippen LogP contribution is -2.32. The van der Waals surface area contributed by atoms with Gasteiger partial charge in [-0.3, -0.25) is 5.10 Å². The van der Waals surface area contributed by atoms with Gasteiger partial charge >= 0.3 is 0 Å². The number of benzene rings is 1. The molecule has 0 aliphatic heterocycles. The number of ether oxygens (including phenoxy) is 1. The summed E-state index contributed by atoms with van der Waals surface area (Å²) < 4.78 is 29.8. The van der Waals surface area contributed by atoms with E-state index >= 15 is 0 Å². The molecule has 9 heteroatoms. The first-order chi connectivity index (χ1) is 16.8. The van der Waals surface area contributed by atoms with E-state index in [2.05, 4.69) is 40.8 Å². The number of nitrogens with zero attached hydrogens (tertiary/aromatic N) is 3. The third-order valence-electron chi connectivity index (χ3n) is 6.05. The van der Waals surface area contributed by atoms with E-state index in [9.17, 15) is 4.21 Å². The third-order valence-corrected chi connectivity index (χ3v) is 6.83. The number of aromatic amines is 1. The fraction of sp³-hybridized carbons (Fsp3) is 0.615. The average Bonchev–Trinajstić information content (AvgIpc) is 3.39. The molecule has 1 aromatic carbocycles. The summed E-state index contributed by atoms with van der Waals surface area (Å²) in [6.45, 7) is 13.1. The molecule has 3 rings (SSSR count). The zero-order valence-corrected chi connectivity index (χ0v) is 22.8. The van der Waals surface area contributed by atoms with Crippen molar-refractivity contribution < 1.29 is 13.1 Å². The van der Waals surface area contributed by atoms with Gasteiger partial charge in [0.25, 0.3) is 11.3 Å². The van der Waals surface area contributed by atoms with Gasteiger partial charge in [0.05, 0.1) is 12.6 Å². The minimum atomic E-state index is -1.81. The standard InChI is InChI=1S/C26H41N5O3S/c1-7-8-9-10-11-12-15-33-22-14-13-20(6)16-23(22)34-35(32)30-25(19(4)5)26-28-27-24-17-21(18(2)3)29-31(24)26/h13-14,16-19,25,29-30H,7-12,15H2,1-6H3. The van der Waals surface area contributed by atoms with Gasteiger partial charge in [-0.2, -0.15) is 8.93 Å². The van der Waals surface area contributed by atoms with E-state index < -0.39 is 11.3 Å². The molecule has 0 saturated carbocycles. The molecule has 0 saturated heterocycles. The summed E-state index contributed by atoms with van der Waals surface area (Å²) in [4.78, 5) is 0. The number of aromatic nitrogens is 4. The lowest BCUT2D eigenvalue weighted by Gasteiger charge is -2.20. The summed E-state index contributed by atoms with van der Waals surface area (Å²) in [7, 11) is 0. The molecule has 0 fully saturated rings. The molecule has 2 N–H and O–H groups in total. The molecule has 3 aromatic rings. The molecule has 35 heavy (non-hydrogen) atoms. The third kappa shape index (κ3) is 7.54. The summed E-state index contributed by atoms with van der Waals surface area (Å²) >= 11 is -1.81. The Morgan fingerprint density at radius 1 is 1.03 bits per heavy atom. The molecule has 2 heterocycles. The van der Waals surface area contributed by atoms with Gasteiger partial charge in [-0.25, -0.2) is 4.52 Å². The quantitative estimate of drug-likeness (QED) is 0.242. The van der Waals surface area contributed by atoms with Gasteiger partial charge in [0.2, 0.25) is 0 Å². The summed E-state index contributed by atoms with van der Waals surface area (Å²) in [5.74, 6) is 2.18. The monoisotopic (exact) mass is 503 g/mol. The highest BCUT2D eigenvalue weighted by Gasteiger charge is 2.26. The van der Waals surface area contributed by atoms with Gasteiger partial charge in [-0.1, -0.05) is 72.8 Å². The molecule has 194 valence electrons. The summed E-state index contributed by atoms with van der Waals surface area (Å²) in [6.07, 6.45) is 7.18. The van der Waals surface area contributed by atoms with Crippen LogP contribution in [0.1, 0.15) is 102 Å². The topological polar surface area (TPSA) is 93.5 Å². The molecule has 0 radical (unpaired) electrons. The Kier molecular flexibility index (Phi) is 10.2. The minimum absolute atomic E-state index is 0.0988. The number of fused-ring (bicyclic) bond motifs is 1. The van der Waals surface area contributed by atoms with Crippen LogP contribution in [-0.2, 0) is 11.3 Å². The zero-order valence-electron chi connectivity index (χ0n) is 22.0. The number of aryl methyl sites for hydroxylation is 1. The molecule has 0 amide bonds. The van der Waals surface area contributed by atoms with Crippen LogP contribution >= 0.6 is 0 Å². The van der Waals surface area contributed by atoms with Gasteiger partial charge in [-0.15, -0.1) is 10.2 Å². The maximum atomic E-state index is 13.1. The van der Waals surface area contributed by atoms with Crippen molar-refractivity contribution in [3.05, 3.63) is 41.3 Å². The van der Waals surface area contributed by atoms with Gasteiger partial charge in [-0.05, 0) is 42.9 Å². The van der Waals surface area contributed by atoms with Crippen LogP contribution in [0.5, 0.6) is 11.5 Å². The lowest BCUT2D eigenvalue weighted by atomic mass is 10.1. The van der Waals surface area contributed by atoms with Crippen LogP contribution in [-0.4, -0.2) is 30.6 Å². The van der Waals surface area contributed by atoms with Crippen molar-refractivity contribution >= 4 is 16.9 Å². The van der Waals surface area contributed by atoms with Crippen molar-refractivity contribution in [2.45, 2.75) is 92.0 Å². The predicted molar refractivity (Wildman–Crippen MR) is 141 cm³/mol. The average molecular weight is 504 g/mol. The Hall–Kier alpha value is -2.39. The second-order valence-electron chi connectivity index (χ2n) is 9.84. The molecule has 0 spiro atoms. The molecule has 2 unspecified atom stereocenters. The molecule has 0 aliphatic carbocycles. The molecule has 8 nitrogen and oxygen atoms in total. The van der Waals surface area contributed by atoms with Gasteiger partial charge in [0.1, 0.15) is 0 Å². The van der Waals surface area contributed by atoms with Crippen LogP contribution in [0, 0.1) is 12.8 Å². The maximum absolute atomic E-state index is 13.1. The molecule has 0 bridgehead atoms. The molecule has 0 aliphatic rings. The highest BCUT2D eigenvalue weighted by molar-refractivity contribution is 7.78. The number of H-pyrrole nitrogens is 1. The highest BCUT2D eigenvalue weighted by atomic mass is 32.2. The van der Waals surface area contributed by atoms with Crippen molar-refractivity contribution in [2.75, 3.05) is 6.61 Å². The number of unbranched alkanes of at least 4 members (excludes halogenated alkanes) is 5. The van der Waals surface area contributed by atoms with Crippen molar-refractivity contribution in [2.24, 2.45) is 5.92 Å². The lowest BCUT2D eigenvalue weighted by molar-refractivity contribution is 0.296. The van der Waals surface area contributed by atoms with Crippen LogP contribution in [0.25, 0.3) is 5.65 Å². The fourth-order valence-electron chi connectivity index (χ4n) is 3.88. The maximum Gasteiger partial charge on any atom is 0.288 e. The van der Waals surface area contributed by atoms with E-state index in [0.717, 1.165) is 29.7 Å². The summed E-state index contributed by atoms with van der Waals surface area (Å²) in [6, 6.07) is 7.37. The Morgan fingerprint density at radius 2 is 1.77 bits per heavy atom. The Bertz CT molecular complexity index is 1090. The number of rotatable bonds is 15. The first-order valence-electron chi connectivity index (χ1n) is 12.8. The van der Waals surface area contributed by atoms with Crippen molar-refractivity contribution in [3.63, 3.8) is 0 Å². The minimum Gasteiger partial charge on any atom is -0.490 e. The van der Waals surface area contributed by atoms with Crippen molar-refractivity contribution in [1.82, 2.24) is 24.5 Å². The van der Waals surface area contributed by atoms with E-state index in [0.29, 0.717) is 29.8 Å². The first kappa shape index (κ1) is 27.2. The van der Waals surface area contributed by atoms with Crippen molar-refractivity contribution in [3.8, 4) is 11.5 Å². The number of nitrogens with one attached hydrogen (secondary N) is 2. The summed E-state index contributed by atoms with van der Waals surface area (Å²) in [5.41, 5.74) is 2.82. The van der Waals surface area contributed by atoms with Crippen LogP contribution < -0.4 is 13.6 Å². The van der Waals surface area contributed by atoms with Gasteiger partial charge in [0.15, 0.2) is 23.0 Å². The van der Waals surface area contributed by atoms with E-state index in [1.807, 2.05) is 49.6 Å². The molecular weight excluding hydrogens is 462 g/mol. The zero-order chi connectivity index (χ0) is 25.4. The first-order valence-corrected chi connectivity index (χ1v) is 13.9. The van der Waals surface area contributed by atoms with Gasteiger partial charge in [0, 0.05) is 11.8 Å². The fourth-order valence-corrected chi connectivity index (χ4v) is 4.80. The largest absolute Gasteiger partial charge is 0.490 e. The SMILES string of the molecule is CCCCCCCCOc1ccc(C)cc1OS(=O)NC(c1nnc2cc(C(C)C)[nH]n12)C(C)C. The second-order valence-corrected chi connectivity index (χ2v) is 10.7. The van der Waals surface area contributed by atoms with Crippen LogP contribution in [0.15, 0.2) is 24.3 Å². The second kappa shape index (κ2) is 13.1. The number of hydrogen-bond acceptors (Lipinski definition) is 5. The highest BCUT2D eigenvalue weighted by Crippen LogP contribution is 2.30. The smallest absolute Gasteiger partial charge is 0.288 e. The van der Waals surface area contributed by atoms with Crippen LogP contribution in [0.2, 0.25) is 0 Å². The molecular formula is C26H41N5O3S. The van der Waals surface area contributed by atoms with Crippen LogP contribution in [0.4, 0.5) is 0 Å². The normalized spacial score (nSPS) is 13.6. The summed E-state index contributed by atoms with van der Waals surface area (Å²) in [5, 5.41) is 12.0.